The first-order chi connectivity index (χ1) is 12.6. The van der Waals surface area contributed by atoms with Crippen LogP contribution in [0.4, 0.5) is 11.4 Å². The van der Waals surface area contributed by atoms with Crippen molar-refractivity contribution in [3.63, 3.8) is 0 Å². The molecule has 0 spiro atoms. The van der Waals surface area contributed by atoms with Gasteiger partial charge in [-0.3, -0.25) is 14.9 Å². The smallest absolute Gasteiger partial charge is 0.292 e. The number of amides is 1. The minimum absolute atomic E-state index is 0.0899. The fourth-order valence-corrected chi connectivity index (χ4v) is 3.41. The third kappa shape index (κ3) is 4.14. The van der Waals surface area contributed by atoms with E-state index in [0.29, 0.717) is 49.7 Å². The lowest BCUT2D eigenvalue weighted by molar-refractivity contribution is -0.384. The molecule has 6 nitrogen and oxygen atoms in total. The molecule has 136 valence electrons. The molecule has 1 aliphatic rings. The van der Waals surface area contributed by atoms with Crippen molar-refractivity contribution in [3.8, 4) is 0 Å². The van der Waals surface area contributed by atoms with Crippen LogP contribution < -0.4 is 4.90 Å². The number of para-hydroxylation sites is 2. The maximum Gasteiger partial charge on any atom is 0.292 e. The molecule has 0 bridgehead atoms. The summed E-state index contributed by atoms with van der Waals surface area (Å²) in [5.41, 5.74) is 1.69. The molecule has 0 aliphatic carbocycles. The third-order valence-electron chi connectivity index (χ3n) is 4.62. The van der Waals surface area contributed by atoms with Crippen molar-refractivity contribution in [1.82, 2.24) is 4.90 Å². The lowest BCUT2D eigenvalue weighted by atomic mass is 10.1. The second-order valence-electron chi connectivity index (χ2n) is 6.21. The van der Waals surface area contributed by atoms with Crippen LogP contribution in [0.15, 0.2) is 48.5 Å². The Balaban J connectivity index is 1.56. The highest BCUT2D eigenvalue weighted by molar-refractivity contribution is 6.31. The van der Waals surface area contributed by atoms with Gasteiger partial charge < -0.3 is 9.80 Å². The predicted octanol–water partition coefficient (Wildman–Crippen LogP) is 3.53. The van der Waals surface area contributed by atoms with Gasteiger partial charge in [-0.2, -0.15) is 0 Å². The normalized spacial score (nSPS) is 14.3. The maximum atomic E-state index is 12.5. The molecule has 1 saturated heterocycles. The number of benzene rings is 2. The average Bonchev–Trinajstić information content (AvgIpc) is 2.67. The first-order valence-electron chi connectivity index (χ1n) is 8.56. The highest BCUT2D eigenvalue weighted by atomic mass is 35.5. The van der Waals surface area contributed by atoms with Gasteiger partial charge in [0.2, 0.25) is 5.91 Å². The van der Waals surface area contributed by atoms with Gasteiger partial charge in [0, 0.05) is 43.7 Å². The number of hydrogen-bond donors (Lipinski definition) is 0. The quantitative estimate of drug-likeness (QED) is 0.594. The van der Waals surface area contributed by atoms with Gasteiger partial charge in [0.25, 0.3) is 5.69 Å². The molecular formula is C19H20ClN3O3. The molecule has 0 radical (unpaired) electrons. The first kappa shape index (κ1) is 18.2. The van der Waals surface area contributed by atoms with Crippen molar-refractivity contribution in [2.75, 3.05) is 31.1 Å². The Kier molecular flexibility index (Phi) is 5.73. The Bertz CT molecular complexity index is 804. The molecule has 0 N–H and O–H groups in total. The second-order valence-corrected chi connectivity index (χ2v) is 6.61. The van der Waals surface area contributed by atoms with Crippen LogP contribution in [0.25, 0.3) is 0 Å². The SMILES string of the molecule is O=C(CCc1ccccc1Cl)N1CCN(c2ccccc2[N+](=O)[O-])CC1. The average molecular weight is 374 g/mol. The van der Waals surface area contributed by atoms with Gasteiger partial charge in [0.1, 0.15) is 5.69 Å². The summed E-state index contributed by atoms with van der Waals surface area (Å²) in [4.78, 5) is 27.1. The van der Waals surface area contributed by atoms with Gasteiger partial charge in [-0.1, -0.05) is 41.9 Å². The van der Waals surface area contributed by atoms with Gasteiger partial charge in [-0.15, -0.1) is 0 Å². The summed E-state index contributed by atoms with van der Waals surface area (Å²) in [6.45, 7) is 2.30. The Hall–Kier alpha value is -2.60. The molecule has 1 heterocycles. The summed E-state index contributed by atoms with van der Waals surface area (Å²) >= 11 is 6.13. The zero-order valence-electron chi connectivity index (χ0n) is 14.3. The molecule has 2 aromatic rings. The lowest BCUT2D eigenvalue weighted by Crippen LogP contribution is -2.49. The number of carbonyl (C=O) groups excluding carboxylic acids is 1. The summed E-state index contributed by atoms with van der Waals surface area (Å²) in [6.07, 6.45) is 1.03. The van der Waals surface area contributed by atoms with Crippen molar-refractivity contribution < 1.29 is 9.72 Å². The van der Waals surface area contributed by atoms with Crippen LogP contribution in [0.3, 0.4) is 0 Å². The number of piperazine rings is 1. The summed E-state index contributed by atoms with van der Waals surface area (Å²) in [5, 5.41) is 11.9. The number of halogens is 1. The number of nitro benzene ring substituents is 1. The molecule has 26 heavy (non-hydrogen) atoms. The standard InChI is InChI=1S/C19H20ClN3O3/c20-16-6-2-1-5-15(16)9-10-19(24)22-13-11-21(12-14-22)17-7-3-4-8-18(17)23(25)26/h1-8H,9-14H2. The molecule has 7 heteroatoms. The van der Waals surface area contributed by atoms with Gasteiger partial charge in [0.05, 0.1) is 4.92 Å². The van der Waals surface area contributed by atoms with Gasteiger partial charge >= 0.3 is 0 Å². The minimum atomic E-state index is -0.365. The van der Waals surface area contributed by atoms with Crippen LogP contribution in [-0.2, 0) is 11.2 Å². The highest BCUT2D eigenvalue weighted by Crippen LogP contribution is 2.28. The molecule has 2 aromatic carbocycles. The largest absolute Gasteiger partial charge is 0.362 e. The summed E-state index contributed by atoms with van der Waals surface area (Å²) in [6, 6.07) is 14.3. The van der Waals surface area contributed by atoms with Crippen molar-refractivity contribution in [2.45, 2.75) is 12.8 Å². The summed E-state index contributed by atoms with van der Waals surface area (Å²) in [7, 11) is 0. The molecule has 0 unspecified atom stereocenters. The molecular weight excluding hydrogens is 354 g/mol. The van der Waals surface area contributed by atoms with Crippen LogP contribution in [0.5, 0.6) is 0 Å². The number of anilines is 1. The molecule has 3 rings (SSSR count). The van der Waals surface area contributed by atoms with E-state index in [1.54, 1.807) is 18.2 Å². The van der Waals surface area contributed by atoms with Crippen LogP contribution in [0.1, 0.15) is 12.0 Å². The monoisotopic (exact) mass is 373 g/mol. The maximum absolute atomic E-state index is 12.5. The fourth-order valence-electron chi connectivity index (χ4n) is 3.18. The predicted molar refractivity (Wildman–Crippen MR) is 102 cm³/mol. The van der Waals surface area contributed by atoms with E-state index in [1.165, 1.54) is 6.07 Å². The molecule has 1 amide bonds. The number of aryl methyl sites for hydroxylation is 1. The number of carbonyl (C=O) groups is 1. The van der Waals surface area contributed by atoms with E-state index in [1.807, 2.05) is 34.1 Å². The van der Waals surface area contributed by atoms with Crippen LogP contribution in [0, 0.1) is 10.1 Å². The first-order valence-corrected chi connectivity index (χ1v) is 8.93. The topological polar surface area (TPSA) is 66.7 Å². The molecule has 0 atom stereocenters. The zero-order valence-corrected chi connectivity index (χ0v) is 15.1. The second kappa shape index (κ2) is 8.19. The van der Waals surface area contributed by atoms with Gasteiger partial charge in [0.15, 0.2) is 0 Å². The highest BCUT2D eigenvalue weighted by Gasteiger charge is 2.25. The Morgan fingerprint density at radius 1 is 1.04 bits per heavy atom. The van der Waals surface area contributed by atoms with E-state index in [4.69, 9.17) is 11.6 Å². The number of nitro groups is 1. The molecule has 0 saturated carbocycles. The molecule has 0 aromatic heterocycles. The Labute approximate surface area is 157 Å². The van der Waals surface area contributed by atoms with Crippen molar-refractivity contribution in [3.05, 3.63) is 69.2 Å². The fraction of sp³-hybridized carbons (Fsp3) is 0.316. The Morgan fingerprint density at radius 3 is 2.38 bits per heavy atom. The number of nitrogens with zero attached hydrogens (tertiary/aromatic N) is 3. The van der Waals surface area contributed by atoms with Crippen molar-refractivity contribution in [1.29, 1.82) is 0 Å². The summed E-state index contributed by atoms with van der Waals surface area (Å²) < 4.78 is 0. The van der Waals surface area contributed by atoms with Crippen LogP contribution in [-0.4, -0.2) is 41.9 Å². The van der Waals surface area contributed by atoms with E-state index < -0.39 is 0 Å². The van der Waals surface area contributed by atoms with Gasteiger partial charge in [-0.05, 0) is 24.1 Å². The lowest BCUT2D eigenvalue weighted by Gasteiger charge is -2.35. The van der Waals surface area contributed by atoms with Crippen molar-refractivity contribution >= 4 is 28.9 Å². The Morgan fingerprint density at radius 2 is 1.69 bits per heavy atom. The van der Waals surface area contributed by atoms with Crippen LogP contribution in [0.2, 0.25) is 5.02 Å². The van der Waals surface area contributed by atoms with E-state index in [9.17, 15) is 14.9 Å². The number of rotatable bonds is 5. The molecule has 1 fully saturated rings. The van der Waals surface area contributed by atoms with E-state index >= 15 is 0 Å². The third-order valence-corrected chi connectivity index (χ3v) is 4.99. The van der Waals surface area contributed by atoms with E-state index in [-0.39, 0.29) is 16.5 Å². The molecule has 1 aliphatic heterocycles. The summed E-state index contributed by atoms with van der Waals surface area (Å²) in [5.74, 6) is 0.0899. The number of hydrogen-bond acceptors (Lipinski definition) is 4. The van der Waals surface area contributed by atoms with E-state index in [2.05, 4.69) is 0 Å². The zero-order chi connectivity index (χ0) is 18.5. The van der Waals surface area contributed by atoms with Gasteiger partial charge in [-0.25, -0.2) is 0 Å². The van der Waals surface area contributed by atoms with Crippen LogP contribution >= 0.6 is 11.6 Å². The van der Waals surface area contributed by atoms with Crippen molar-refractivity contribution in [2.24, 2.45) is 0 Å². The van der Waals surface area contributed by atoms with E-state index in [0.717, 1.165) is 5.56 Å². The minimum Gasteiger partial charge on any atom is -0.362 e.